The molecule has 0 saturated carbocycles. The highest BCUT2D eigenvalue weighted by molar-refractivity contribution is 5.88. The highest BCUT2D eigenvalue weighted by atomic mass is 14.9. The molecule has 0 amide bonds. The van der Waals surface area contributed by atoms with Gasteiger partial charge in [0.05, 0.1) is 22.2 Å². The monoisotopic (exact) mass is 276 g/mol. The maximum atomic E-state index is 4.76. The number of rotatable bonds is 3. The molecular formula is C19H20N2. The van der Waals surface area contributed by atoms with Gasteiger partial charge < -0.3 is 4.40 Å². The van der Waals surface area contributed by atoms with Crippen LogP contribution in [0, 0.1) is 0 Å². The van der Waals surface area contributed by atoms with E-state index in [-0.39, 0.29) is 0 Å². The fraction of sp³-hybridized carbons (Fsp3) is 0.105. The first kappa shape index (κ1) is 14.8. The Kier molecular flexibility index (Phi) is 4.72. The molecule has 0 aliphatic carbocycles. The van der Waals surface area contributed by atoms with Gasteiger partial charge in [0.25, 0.3) is 0 Å². The molecule has 0 fully saturated rings. The molecule has 0 N–H and O–H groups in total. The fourth-order valence-electron chi connectivity index (χ4n) is 2.31. The normalized spacial score (nSPS) is 11.0. The van der Waals surface area contributed by atoms with E-state index in [9.17, 15) is 0 Å². The zero-order valence-corrected chi connectivity index (χ0v) is 12.6. The third-order valence-electron chi connectivity index (χ3n) is 3.16. The first-order valence-electron chi connectivity index (χ1n) is 7.16. The average molecular weight is 276 g/mol. The molecule has 0 bridgehead atoms. The molecule has 2 aromatic heterocycles. The molecule has 0 saturated heterocycles. The van der Waals surface area contributed by atoms with Crippen molar-refractivity contribution in [2.24, 2.45) is 0 Å². The summed E-state index contributed by atoms with van der Waals surface area (Å²) in [5, 5.41) is 0. The van der Waals surface area contributed by atoms with Gasteiger partial charge in [-0.25, -0.2) is 4.98 Å². The van der Waals surface area contributed by atoms with Crippen LogP contribution in [-0.2, 0) is 0 Å². The SMILES string of the molecule is C=C/C=C(\C=C)c1nc2ccccc2n2cccc12.CC. The Labute approximate surface area is 125 Å². The lowest BCUT2D eigenvalue weighted by atomic mass is 10.1. The summed E-state index contributed by atoms with van der Waals surface area (Å²) < 4.78 is 2.15. The molecule has 106 valence electrons. The average Bonchev–Trinajstić information content (AvgIpc) is 3.04. The van der Waals surface area contributed by atoms with Crippen LogP contribution in [-0.4, -0.2) is 9.38 Å². The van der Waals surface area contributed by atoms with E-state index in [2.05, 4.69) is 35.9 Å². The summed E-state index contributed by atoms with van der Waals surface area (Å²) >= 11 is 0. The van der Waals surface area contributed by atoms with E-state index in [0.29, 0.717) is 0 Å². The maximum absolute atomic E-state index is 4.76. The number of hydrogen-bond acceptors (Lipinski definition) is 1. The molecule has 0 spiro atoms. The van der Waals surface area contributed by atoms with Crippen LogP contribution in [0.3, 0.4) is 0 Å². The van der Waals surface area contributed by atoms with Crippen molar-refractivity contribution in [3.63, 3.8) is 0 Å². The quantitative estimate of drug-likeness (QED) is 0.596. The van der Waals surface area contributed by atoms with Gasteiger partial charge >= 0.3 is 0 Å². The second kappa shape index (κ2) is 6.71. The summed E-state index contributed by atoms with van der Waals surface area (Å²) in [6.45, 7) is 11.6. The van der Waals surface area contributed by atoms with Gasteiger partial charge in [0.1, 0.15) is 0 Å². The first-order valence-corrected chi connectivity index (χ1v) is 7.16. The van der Waals surface area contributed by atoms with Gasteiger partial charge in [-0.2, -0.15) is 0 Å². The smallest absolute Gasteiger partial charge is 0.0950 e. The van der Waals surface area contributed by atoms with Crippen molar-refractivity contribution in [2.75, 3.05) is 0 Å². The van der Waals surface area contributed by atoms with Gasteiger partial charge in [-0.1, -0.05) is 57.4 Å². The number of nitrogens with zero attached hydrogens (tertiary/aromatic N) is 2. The molecule has 3 aromatic rings. The fourth-order valence-corrected chi connectivity index (χ4v) is 2.31. The molecule has 2 heteroatoms. The summed E-state index contributed by atoms with van der Waals surface area (Å²) in [6, 6.07) is 12.2. The standard InChI is InChI=1S/C17H14N2.C2H6/c1-3-8-13(4-2)17-16-11-7-12-19(16)15-10-6-5-9-14(15)18-17;1-2/h3-12H,1-2H2;1-2H3/b13-8+;. The first-order chi connectivity index (χ1) is 10.3. The lowest BCUT2D eigenvalue weighted by molar-refractivity contribution is 1.21. The Hall–Kier alpha value is -2.61. The Morgan fingerprint density at radius 3 is 2.48 bits per heavy atom. The number of para-hydroxylation sites is 2. The van der Waals surface area contributed by atoms with Crippen molar-refractivity contribution in [3.05, 3.63) is 79.7 Å². The van der Waals surface area contributed by atoms with Gasteiger partial charge in [0.15, 0.2) is 0 Å². The maximum Gasteiger partial charge on any atom is 0.0950 e. The van der Waals surface area contributed by atoms with Crippen molar-refractivity contribution in [2.45, 2.75) is 13.8 Å². The van der Waals surface area contributed by atoms with Crippen molar-refractivity contribution in [3.8, 4) is 0 Å². The topological polar surface area (TPSA) is 17.3 Å². The third-order valence-corrected chi connectivity index (χ3v) is 3.16. The number of fused-ring (bicyclic) bond motifs is 3. The molecule has 0 aliphatic heterocycles. The van der Waals surface area contributed by atoms with E-state index in [0.717, 1.165) is 27.8 Å². The lowest BCUT2D eigenvalue weighted by Gasteiger charge is -2.08. The predicted octanol–water partition coefficient (Wildman–Crippen LogP) is 5.27. The van der Waals surface area contributed by atoms with E-state index in [4.69, 9.17) is 4.98 Å². The van der Waals surface area contributed by atoms with Crippen LogP contribution in [0.1, 0.15) is 19.5 Å². The minimum atomic E-state index is 0.929. The van der Waals surface area contributed by atoms with Crippen LogP contribution in [0.2, 0.25) is 0 Å². The van der Waals surface area contributed by atoms with Crippen molar-refractivity contribution in [1.82, 2.24) is 9.38 Å². The zero-order chi connectivity index (χ0) is 15.2. The van der Waals surface area contributed by atoms with Crippen LogP contribution in [0.4, 0.5) is 0 Å². The highest BCUT2D eigenvalue weighted by Gasteiger charge is 2.09. The largest absolute Gasteiger partial charge is 0.313 e. The second-order valence-corrected chi connectivity index (χ2v) is 4.27. The Morgan fingerprint density at radius 1 is 1.05 bits per heavy atom. The van der Waals surface area contributed by atoms with Gasteiger partial charge in [0.2, 0.25) is 0 Å². The molecular weight excluding hydrogens is 256 g/mol. The molecule has 21 heavy (non-hydrogen) atoms. The second-order valence-electron chi connectivity index (χ2n) is 4.27. The van der Waals surface area contributed by atoms with Crippen molar-refractivity contribution < 1.29 is 0 Å². The number of allylic oxidation sites excluding steroid dienone is 4. The molecule has 2 heterocycles. The zero-order valence-electron chi connectivity index (χ0n) is 12.6. The van der Waals surface area contributed by atoms with Crippen molar-refractivity contribution >= 4 is 22.1 Å². The van der Waals surface area contributed by atoms with Gasteiger partial charge in [0, 0.05) is 11.8 Å². The van der Waals surface area contributed by atoms with E-state index in [1.165, 1.54) is 0 Å². The third kappa shape index (κ3) is 2.65. The molecule has 2 nitrogen and oxygen atoms in total. The minimum absolute atomic E-state index is 0.929. The van der Waals surface area contributed by atoms with Crippen molar-refractivity contribution in [1.29, 1.82) is 0 Å². The minimum Gasteiger partial charge on any atom is -0.313 e. The van der Waals surface area contributed by atoms with Crippen LogP contribution in [0.5, 0.6) is 0 Å². The molecule has 0 unspecified atom stereocenters. The van der Waals surface area contributed by atoms with Crippen LogP contribution in [0.15, 0.2) is 74.0 Å². The molecule has 0 radical (unpaired) electrons. The highest BCUT2D eigenvalue weighted by Crippen LogP contribution is 2.24. The Balaban J connectivity index is 0.000000774. The Bertz CT molecular complexity index is 807. The Morgan fingerprint density at radius 2 is 1.76 bits per heavy atom. The van der Waals surface area contributed by atoms with E-state index in [1.807, 2.05) is 50.3 Å². The summed E-state index contributed by atoms with van der Waals surface area (Å²) in [6.07, 6.45) is 7.55. The van der Waals surface area contributed by atoms with Gasteiger partial charge in [-0.15, -0.1) is 0 Å². The summed E-state index contributed by atoms with van der Waals surface area (Å²) in [5.41, 5.74) is 5.06. The van der Waals surface area contributed by atoms with Crippen LogP contribution < -0.4 is 0 Å². The predicted molar refractivity (Wildman–Crippen MR) is 92.4 cm³/mol. The van der Waals surface area contributed by atoms with Gasteiger partial charge in [-0.3, -0.25) is 0 Å². The molecule has 3 rings (SSSR count). The van der Waals surface area contributed by atoms with Gasteiger partial charge in [-0.05, 0) is 24.3 Å². The van der Waals surface area contributed by atoms with Crippen LogP contribution >= 0.6 is 0 Å². The lowest BCUT2D eigenvalue weighted by Crippen LogP contribution is -1.96. The molecule has 1 aromatic carbocycles. The molecule has 0 aliphatic rings. The summed E-state index contributed by atoms with van der Waals surface area (Å²) in [7, 11) is 0. The van der Waals surface area contributed by atoms with E-state index >= 15 is 0 Å². The summed E-state index contributed by atoms with van der Waals surface area (Å²) in [5.74, 6) is 0. The number of benzene rings is 1. The summed E-state index contributed by atoms with van der Waals surface area (Å²) in [4.78, 5) is 4.76. The number of aromatic nitrogens is 2. The van der Waals surface area contributed by atoms with Crippen LogP contribution in [0.25, 0.3) is 22.1 Å². The van der Waals surface area contributed by atoms with E-state index < -0.39 is 0 Å². The number of hydrogen-bond donors (Lipinski definition) is 0. The van der Waals surface area contributed by atoms with E-state index in [1.54, 1.807) is 6.08 Å². The molecule has 0 atom stereocenters.